The zero-order valence-corrected chi connectivity index (χ0v) is 11.5. The van der Waals surface area contributed by atoms with Crippen LogP contribution in [0, 0.1) is 6.92 Å². The Hall–Kier alpha value is -0.670. The van der Waals surface area contributed by atoms with Gasteiger partial charge in [0.1, 0.15) is 0 Å². The second-order valence-electron chi connectivity index (χ2n) is 5.14. The van der Waals surface area contributed by atoms with Gasteiger partial charge in [-0.25, -0.2) is 0 Å². The van der Waals surface area contributed by atoms with Crippen LogP contribution in [0.15, 0.2) is 11.4 Å². The summed E-state index contributed by atoms with van der Waals surface area (Å²) in [6.07, 6.45) is 6.74. The molecule has 0 spiro atoms. The number of thiophene rings is 1. The number of hydrogen-bond donors (Lipinski definition) is 1. The Kier molecular flexibility index (Phi) is 4.00. The number of rotatable bonds is 4. The lowest BCUT2D eigenvalue weighted by molar-refractivity contribution is 0.0915. The van der Waals surface area contributed by atoms with E-state index in [1.807, 2.05) is 18.5 Å². The predicted octanol–water partition coefficient (Wildman–Crippen LogP) is 3.55. The van der Waals surface area contributed by atoms with Gasteiger partial charge in [-0.2, -0.15) is 0 Å². The van der Waals surface area contributed by atoms with Crippen molar-refractivity contribution in [3.63, 3.8) is 0 Å². The molecule has 0 amide bonds. The van der Waals surface area contributed by atoms with E-state index in [9.17, 15) is 4.79 Å². The van der Waals surface area contributed by atoms with Crippen molar-refractivity contribution in [1.82, 2.24) is 5.32 Å². The number of Topliss-reactive ketones (excluding diaryl/α,β-unsaturated/α-hetero) is 1. The Bertz CT molecular complexity index is 391. The van der Waals surface area contributed by atoms with Crippen LogP contribution in [0.5, 0.6) is 0 Å². The van der Waals surface area contributed by atoms with E-state index in [2.05, 4.69) is 12.2 Å². The summed E-state index contributed by atoms with van der Waals surface area (Å²) >= 11 is 1.66. The van der Waals surface area contributed by atoms with Crippen LogP contribution in [-0.4, -0.2) is 18.4 Å². The van der Waals surface area contributed by atoms with Crippen LogP contribution in [0.1, 0.15) is 53.8 Å². The highest BCUT2D eigenvalue weighted by molar-refractivity contribution is 7.10. The van der Waals surface area contributed by atoms with E-state index in [-0.39, 0.29) is 5.54 Å². The number of carbonyl (C=O) groups is 1. The Morgan fingerprint density at radius 2 is 2.12 bits per heavy atom. The topological polar surface area (TPSA) is 29.1 Å². The molecule has 1 heterocycles. The molecular weight excluding hydrogens is 230 g/mol. The van der Waals surface area contributed by atoms with Crippen molar-refractivity contribution >= 4 is 17.1 Å². The highest BCUT2D eigenvalue weighted by Gasteiger charge is 2.32. The van der Waals surface area contributed by atoms with Gasteiger partial charge in [0.2, 0.25) is 0 Å². The van der Waals surface area contributed by atoms with Crippen LogP contribution in [0.4, 0.5) is 0 Å². The largest absolute Gasteiger partial charge is 0.314 e. The van der Waals surface area contributed by atoms with Crippen LogP contribution in [-0.2, 0) is 0 Å². The molecule has 1 N–H and O–H groups in total. The maximum Gasteiger partial charge on any atom is 0.165 e. The highest BCUT2D eigenvalue weighted by atomic mass is 32.1. The minimum absolute atomic E-state index is 0.0607. The van der Waals surface area contributed by atoms with Crippen LogP contribution < -0.4 is 5.32 Å². The molecule has 0 unspecified atom stereocenters. The molecule has 1 aromatic heterocycles. The van der Waals surface area contributed by atoms with Gasteiger partial charge in [-0.1, -0.05) is 19.3 Å². The average Bonchev–Trinajstić information content (AvgIpc) is 2.77. The first kappa shape index (κ1) is 12.8. The van der Waals surface area contributed by atoms with Crippen molar-refractivity contribution in [3.8, 4) is 0 Å². The van der Waals surface area contributed by atoms with E-state index >= 15 is 0 Å². The lowest BCUT2D eigenvalue weighted by atomic mass is 9.78. The van der Waals surface area contributed by atoms with E-state index in [1.54, 1.807) is 11.3 Å². The van der Waals surface area contributed by atoms with Gasteiger partial charge in [0, 0.05) is 27.8 Å². The molecule has 0 bridgehead atoms. The Labute approximate surface area is 107 Å². The molecule has 1 aliphatic rings. The van der Waals surface area contributed by atoms with Crippen molar-refractivity contribution in [2.24, 2.45) is 0 Å². The summed E-state index contributed by atoms with van der Waals surface area (Å²) in [6.45, 7) is 2.05. The van der Waals surface area contributed by atoms with Gasteiger partial charge in [-0.3, -0.25) is 4.79 Å². The van der Waals surface area contributed by atoms with Crippen molar-refractivity contribution in [2.45, 2.75) is 51.0 Å². The van der Waals surface area contributed by atoms with E-state index in [0.29, 0.717) is 12.2 Å². The molecule has 17 heavy (non-hydrogen) atoms. The number of ketones is 1. The quantitative estimate of drug-likeness (QED) is 0.829. The monoisotopic (exact) mass is 251 g/mol. The predicted molar refractivity (Wildman–Crippen MR) is 72.9 cm³/mol. The molecule has 1 aliphatic carbocycles. The van der Waals surface area contributed by atoms with Gasteiger partial charge in [-0.15, -0.1) is 11.3 Å². The minimum Gasteiger partial charge on any atom is -0.314 e. The molecule has 2 rings (SSSR count). The normalized spacial score (nSPS) is 19.2. The summed E-state index contributed by atoms with van der Waals surface area (Å²) in [6, 6.07) is 2.01. The number of aryl methyl sites for hydroxylation is 1. The molecule has 1 saturated carbocycles. The third-order valence-corrected chi connectivity index (χ3v) is 4.75. The SMILES string of the molecule is CNC1(CC(=O)c2csc(C)c2)CCCCC1. The van der Waals surface area contributed by atoms with Gasteiger partial charge in [0.25, 0.3) is 0 Å². The zero-order chi connectivity index (χ0) is 12.3. The molecule has 0 aromatic carbocycles. The van der Waals surface area contributed by atoms with Crippen molar-refractivity contribution in [2.75, 3.05) is 7.05 Å². The molecule has 3 heteroatoms. The van der Waals surface area contributed by atoms with Gasteiger partial charge in [-0.05, 0) is 32.9 Å². The lowest BCUT2D eigenvalue weighted by Crippen LogP contribution is -2.46. The van der Waals surface area contributed by atoms with Gasteiger partial charge in [0.05, 0.1) is 0 Å². The molecule has 0 saturated heterocycles. The maximum atomic E-state index is 12.3. The Morgan fingerprint density at radius 1 is 1.41 bits per heavy atom. The summed E-state index contributed by atoms with van der Waals surface area (Å²) in [5, 5.41) is 5.40. The van der Waals surface area contributed by atoms with Gasteiger partial charge < -0.3 is 5.32 Å². The molecule has 0 radical (unpaired) electrons. The second-order valence-corrected chi connectivity index (χ2v) is 6.25. The Balaban J connectivity index is 2.05. The molecule has 0 atom stereocenters. The molecule has 2 nitrogen and oxygen atoms in total. The number of nitrogens with one attached hydrogen (secondary N) is 1. The fraction of sp³-hybridized carbons (Fsp3) is 0.643. The minimum atomic E-state index is 0.0607. The fourth-order valence-corrected chi connectivity index (χ4v) is 3.45. The second kappa shape index (κ2) is 5.32. The third-order valence-electron chi connectivity index (χ3n) is 3.89. The summed E-state index contributed by atoms with van der Waals surface area (Å²) < 4.78 is 0. The van der Waals surface area contributed by atoms with E-state index in [4.69, 9.17) is 0 Å². The molecular formula is C14H21NOS. The molecule has 0 aliphatic heterocycles. The standard InChI is InChI=1S/C14H21NOS/c1-11-8-12(10-17-11)13(16)9-14(15-2)6-4-3-5-7-14/h8,10,15H,3-7,9H2,1-2H3. The van der Waals surface area contributed by atoms with Crippen molar-refractivity contribution in [1.29, 1.82) is 0 Å². The number of carbonyl (C=O) groups excluding carboxylic acids is 1. The maximum absolute atomic E-state index is 12.3. The fourth-order valence-electron chi connectivity index (χ4n) is 2.74. The lowest BCUT2D eigenvalue weighted by Gasteiger charge is -2.36. The van der Waals surface area contributed by atoms with Crippen molar-refractivity contribution in [3.05, 3.63) is 21.9 Å². The van der Waals surface area contributed by atoms with E-state index < -0.39 is 0 Å². The van der Waals surface area contributed by atoms with Crippen molar-refractivity contribution < 1.29 is 4.79 Å². The summed E-state index contributed by atoms with van der Waals surface area (Å²) in [5.74, 6) is 0.297. The zero-order valence-electron chi connectivity index (χ0n) is 10.7. The average molecular weight is 251 g/mol. The van der Waals surface area contributed by atoms with Gasteiger partial charge >= 0.3 is 0 Å². The first-order valence-electron chi connectivity index (χ1n) is 6.42. The molecule has 94 valence electrons. The summed E-state index contributed by atoms with van der Waals surface area (Å²) in [5.41, 5.74) is 0.957. The Morgan fingerprint density at radius 3 is 2.65 bits per heavy atom. The van der Waals surface area contributed by atoms with Crippen LogP contribution in [0.2, 0.25) is 0 Å². The molecule has 1 fully saturated rings. The van der Waals surface area contributed by atoms with E-state index in [0.717, 1.165) is 18.4 Å². The van der Waals surface area contributed by atoms with E-state index in [1.165, 1.54) is 24.1 Å². The summed E-state index contributed by atoms with van der Waals surface area (Å²) in [4.78, 5) is 13.5. The summed E-state index contributed by atoms with van der Waals surface area (Å²) in [7, 11) is 2.00. The van der Waals surface area contributed by atoms with Gasteiger partial charge in [0.15, 0.2) is 5.78 Å². The van der Waals surface area contributed by atoms with Crippen LogP contribution >= 0.6 is 11.3 Å². The van der Waals surface area contributed by atoms with Crippen LogP contribution in [0.25, 0.3) is 0 Å². The third kappa shape index (κ3) is 2.96. The van der Waals surface area contributed by atoms with Crippen LogP contribution in [0.3, 0.4) is 0 Å². The highest BCUT2D eigenvalue weighted by Crippen LogP contribution is 2.32. The molecule has 1 aromatic rings. The smallest absolute Gasteiger partial charge is 0.165 e. The number of hydrogen-bond acceptors (Lipinski definition) is 3. The first-order chi connectivity index (χ1) is 8.15. The first-order valence-corrected chi connectivity index (χ1v) is 7.30.